The van der Waals surface area contributed by atoms with Crippen LogP contribution < -0.4 is 10.6 Å². The molecule has 3 rings (SSSR count). The van der Waals surface area contributed by atoms with Gasteiger partial charge < -0.3 is 15.4 Å². The van der Waals surface area contributed by atoms with Crippen LogP contribution in [0.1, 0.15) is 49.4 Å². The number of hydrogen-bond acceptors (Lipinski definition) is 4. The van der Waals surface area contributed by atoms with Gasteiger partial charge in [0.1, 0.15) is 0 Å². The molecule has 2 N–H and O–H groups in total. The fraction of sp³-hybridized carbons (Fsp3) is 0.778. The molecule has 2 aliphatic carbocycles. The van der Waals surface area contributed by atoms with Crippen molar-refractivity contribution in [2.24, 2.45) is 10.4 Å². The molecule has 0 bridgehead atoms. The van der Waals surface area contributed by atoms with Gasteiger partial charge in [-0.1, -0.05) is 13.3 Å². The Labute approximate surface area is 149 Å². The van der Waals surface area contributed by atoms with Gasteiger partial charge in [-0.3, -0.25) is 4.99 Å². The van der Waals surface area contributed by atoms with Crippen molar-refractivity contribution in [2.75, 3.05) is 20.2 Å². The minimum Gasteiger partial charge on any atom is -0.378 e. The van der Waals surface area contributed by atoms with E-state index in [9.17, 15) is 0 Å². The summed E-state index contributed by atoms with van der Waals surface area (Å²) < 4.78 is 5.93. The smallest absolute Gasteiger partial charge is 0.191 e. The average Bonchev–Trinajstić information content (AvgIpc) is 2.98. The Balaban J connectivity index is 1.45. The predicted octanol–water partition coefficient (Wildman–Crippen LogP) is 2.76. The Bertz CT molecular complexity index is 567. The van der Waals surface area contributed by atoms with Crippen molar-refractivity contribution in [3.05, 3.63) is 16.1 Å². The predicted molar refractivity (Wildman–Crippen MR) is 99.8 cm³/mol. The van der Waals surface area contributed by atoms with Crippen LogP contribution in [0.3, 0.4) is 0 Å². The van der Waals surface area contributed by atoms with E-state index in [1.165, 1.54) is 29.1 Å². The van der Waals surface area contributed by atoms with Gasteiger partial charge in [-0.05, 0) is 32.6 Å². The minimum absolute atomic E-state index is 0.360. The number of thiazole rings is 1. The first kappa shape index (κ1) is 17.7. The molecule has 2 unspecified atom stereocenters. The van der Waals surface area contributed by atoms with E-state index in [4.69, 9.17) is 4.74 Å². The highest BCUT2D eigenvalue weighted by Gasteiger charge is 2.59. The molecule has 1 aromatic rings. The Morgan fingerprint density at radius 2 is 2.29 bits per heavy atom. The Morgan fingerprint density at radius 3 is 2.88 bits per heavy atom. The normalized spacial score (nSPS) is 25.2. The maximum Gasteiger partial charge on any atom is 0.191 e. The Hall–Kier alpha value is -1.14. The number of aromatic nitrogens is 1. The molecular weight excluding hydrogens is 320 g/mol. The molecule has 24 heavy (non-hydrogen) atoms. The lowest BCUT2D eigenvalue weighted by Gasteiger charge is -2.61. The van der Waals surface area contributed by atoms with Crippen LogP contribution in [-0.4, -0.2) is 43.3 Å². The first-order valence-electron chi connectivity index (χ1n) is 9.24. The lowest BCUT2D eigenvalue weighted by Crippen LogP contribution is -2.68. The number of aliphatic imine (C=N–C) groups is 1. The zero-order valence-electron chi connectivity index (χ0n) is 15.1. The number of rotatable bonds is 7. The van der Waals surface area contributed by atoms with E-state index in [-0.39, 0.29) is 0 Å². The molecule has 5 nitrogen and oxygen atoms in total. The van der Waals surface area contributed by atoms with Gasteiger partial charge in [0.2, 0.25) is 0 Å². The summed E-state index contributed by atoms with van der Waals surface area (Å²) >= 11 is 1.81. The van der Waals surface area contributed by atoms with Crippen LogP contribution in [0.2, 0.25) is 0 Å². The number of nitrogens with zero attached hydrogens (tertiary/aromatic N) is 2. The van der Waals surface area contributed by atoms with E-state index in [1.807, 2.05) is 24.6 Å². The summed E-state index contributed by atoms with van der Waals surface area (Å²) in [6.45, 7) is 5.95. The summed E-state index contributed by atoms with van der Waals surface area (Å²) in [6.07, 6.45) is 9.45. The van der Waals surface area contributed by atoms with E-state index in [0.717, 1.165) is 38.4 Å². The monoisotopic (exact) mass is 350 g/mol. The van der Waals surface area contributed by atoms with Crippen LogP contribution in [0.5, 0.6) is 0 Å². The third-order valence-electron chi connectivity index (χ3n) is 5.55. The fourth-order valence-electron chi connectivity index (χ4n) is 3.92. The maximum absolute atomic E-state index is 5.93. The van der Waals surface area contributed by atoms with Crippen LogP contribution in [0.25, 0.3) is 0 Å². The molecule has 2 atom stereocenters. The molecule has 2 saturated carbocycles. The van der Waals surface area contributed by atoms with Crippen molar-refractivity contribution >= 4 is 17.3 Å². The number of guanidine groups is 1. The molecule has 1 spiro atoms. The molecule has 0 aromatic carbocycles. The summed E-state index contributed by atoms with van der Waals surface area (Å²) in [4.78, 5) is 10.2. The largest absolute Gasteiger partial charge is 0.378 e. The Morgan fingerprint density at radius 1 is 1.46 bits per heavy atom. The highest BCUT2D eigenvalue weighted by molar-refractivity contribution is 7.11. The second-order valence-corrected chi connectivity index (χ2v) is 7.99. The summed E-state index contributed by atoms with van der Waals surface area (Å²) in [5.74, 6) is 0.911. The standard InChI is InChI=1S/C18H30N4OS/c1-4-13-12-21-16(24-13)7-10-20-17(19-3)22-14-11-15(23-5-2)18(14)8-6-9-18/h12,14-15H,4-11H2,1-3H3,(H2,19,20,22). The van der Waals surface area contributed by atoms with E-state index in [2.05, 4.69) is 34.5 Å². The molecular formula is C18H30N4OS. The lowest BCUT2D eigenvalue weighted by molar-refractivity contribution is -0.168. The van der Waals surface area contributed by atoms with Crippen molar-refractivity contribution in [1.82, 2.24) is 15.6 Å². The van der Waals surface area contributed by atoms with Crippen LogP contribution >= 0.6 is 11.3 Å². The van der Waals surface area contributed by atoms with Crippen LogP contribution in [-0.2, 0) is 17.6 Å². The summed E-state index contributed by atoms with van der Waals surface area (Å²) in [7, 11) is 1.85. The maximum atomic E-state index is 5.93. The van der Waals surface area contributed by atoms with E-state index in [0.29, 0.717) is 17.6 Å². The highest BCUT2D eigenvalue weighted by atomic mass is 32.1. The van der Waals surface area contributed by atoms with E-state index in [1.54, 1.807) is 0 Å². The molecule has 0 radical (unpaired) electrons. The van der Waals surface area contributed by atoms with Gasteiger partial charge in [0.05, 0.1) is 11.1 Å². The zero-order valence-corrected chi connectivity index (χ0v) is 15.9. The quantitative estimate of drug-likeness (QED) is 0.586. The topological polar surface area (TPSA) is 58.5 Å². The third-order valence-corrected chi connectivity index (χ3v) is 6.75. The van der Waals surface area contributed by atoms with Gasteiger partial charge in [0, 0.05) is 49.2 Å². The summed E-state index contributed by atoms with van der Waals surface area (Å²) in [5.41, 5.74) is 0.360. The number of ether oxygens (including phenoxy) is 1. The van der Waals surface area contributed by atoms with Crippen LogP contribution in [0.15, 0.2) is 11.2 Å². The van der Waals surface area contributed by atoms with E-state index < -0.39 is 0 Å². The molecule has 1 heterocycles. The van der Waals surface area contributed by atoms with Crippen molar-refractivity contribution in [2.45, 2.75) is 64.5 Å². The summed E-state index contributed by atoms with van der Waals surface area (Å²) in [6, 6.07) is 0.501. The van der Waals surface area contributed by atoms with Crippen molar-refractivity contribution < 1.29 is 4.74 Å². The van der Waals surface area contributed by atoms with Crippen LogP contribution in [0, 0.1) is 5.41 Å². The van der Waals surface area contributed by atoms with Crippen molar-refractivity contribution in [3.63, 3.8) is 0 Å². The molecule has 134 valence electrons. The second-order valence-electron chi connectivity index (χ2n) is 6.79. The number of nitrogens with one attached hydrogen (secondary N) is 2. The molecule has 0 saturated heterocycles. The Kier molecular flexibility index (Phi) is 5.76. The van der Waals surface area contributed by atoms with Gasteiger partial charge in [0.25, 0.3) is 0 Å². The average molecular weight is 351 g/mol. The zero-order chi connectivity index (χ0) is 17.0. The molecule has 1 aromatic heterocycles. The summed E-state index contributed by atoms with van der Waals surface area (Å²) in [5, 5.41) is 8.27. The first-order valence-corrected chi connectivity index (χ1v) is 10.1. The minimum atomic E-state index is 0.360. The number of aryl methyl sites for hydroxylation is 1. The first-order chi connectivity index (χ1) is 11.7. The van der Waals surface area contributed by atoms with Crippen molar-refractivity contribution in [1.29, 1.82) is 0 Å². The van der Waals surface area contributed by atoms with Gasteiger partial charge in [-0.15, -0.1) is 11.3 Å². The molecule has 2 aliphatic rings. The SMILES string of the molecule is CCOC1CC(NC(=NC)NCCc2ncc(CC)s2)C12CCC2. The van der Waals surface area contributed by atoms with Gasteiger partial charge >= 0.3 is 0 Å². The lowest BCUT2D eigenvalue weighted by atomic mass is 9.51. The molecule has 6 heteroatoms. The van der Waals surface area contributed by atoms with E-state index >= 15 is 0 Å². The van der Waals surface area contributed by atoms with Gasteiger partial charge in [0.15, 0.2) is 5.96 Å². The third kappa shape index (κ3) is 3.45. The molecule has 0 amide bonds. The van der Waals surface area contributed by atoms with Gasteiger partial charge in [-0.2, -0.15) is 0 Å². The fourth-order valence-corrected chi connectivity index (χ4v) is 4.78. The van der Waals surface area contributed by atoms with Gasteiger partial charge in [-0.25, -0.2) is 4.98 Å². The highest BCUT2D eigenvalue weighted by Crippen LogP contribution is 2.57. The second kappa shape index (κ2) is 7.83. The molecule has 2 fully saturated rings. The van der Waals surface area contributed by atoms with Crippen molar-refractivity contribution in [3.8, 4) is 0 Å². The van der Waals surface area contributed by atoms with Crippen LogP contribution in [0.4, 0.5) is 0 Å². The molecule has 0 aliphatic heterocycles. The number of hydrogen-bond donors (Lipinski definition) is 2.